The number of carbonyl (C=O) groups excluding carboxylic acids is 1. The van der Waals surface area contributed by atoms with Crippen molar-refractivity contribution in [2.75, 3.05) is 5.32 Å². The number of aryl methyl sites for hydroxylation is 1. The van der Waals surface area contributed by atoms with Gasteiger partial charge in [-0.1, -0.05) is 41.1 Å². The summed E-state index contributed by atoms with van der Waals surface area (Å²) in [6.45, 7) is 1.83. The van der Waals surface area contributed by atoms with Crippen molar-refractivity contribution in [1.82, 2.24) is 10.2 Å². The third-order valence-electron chi connectivity index (χ3n) is 2.08. The number of carbonyl (C=O) groups is 1. The van der Waals surface area contributed by atoms with E-state index < -0.39 is 0 Å². The second kappa shape index (κ2) is 5.75. The molecule has 6 heteroatoms. The van der Waals surface area contributed by atoms with Gasteiger partial charge in [-0.15, -0.1) is 10.2 Å². The van der Waals surface area contributed by atoms with Gasteiger partial charge in [-0.05, 0) is 24.6 Å². The Bertz CT molecular complexity index is 595. The first-order chi connectivity index (χ1) is 8.65. The summed E-state index contributed by atoms with van der Waals surface area (Å²) in [6, 6.07) is 7.30. The van der Waals surface area contributed by atoms with Crippen LogP contribution in [0.2, 0.25) is 5.02 Å². The molecule has 1 heterocycles. The first-order valence-electron chi connectivity index (χ1n) is 5.19. The molecule has 92 valence electrons. The van der Waals surface area contributed by atoms with Crippen LogP contribution in [0.3, 0.4) is 0 Å². The number of rotatable bonds is 3. The molecular formula is C12H10ClN3OS. The van der Waals surface area contributed by atoms with Crippen LogP contribution in [0.1, 0.15) is 10.6 Å². The van der Waals surface area contributed by atoms with Crippen molar-refractivity contribution in [3.63, 3.8) is 0 Å². The molecule has 0 aliphatic heterocycles. The van der Waals surface area contributed by atoms with Gasteiger partial charge in [-0.25, -0.2) is 0 Å². The predicted octanol–water partition coefficient (Wildman–Crippen LogP) is 3.15. The summed E-state index contributed by atoms with van der Waals surface area (Å²) >= 11 is 7.29. The van der Waals surface area contributed by atoms with Crippen LogP contribution in [-0.4, -0.2) is 16.1 Å². The van der Waals surface area contributed by atoms with E-state index in [0.717, 1.165) is 10.6 Å². The number of hydrogen-bond donors (Lipinski definition) is 1. The molecule has 0 unspecified atom stereocenters. The highest BCUT2D eigenvalue weighted by Crippen LogP contribution is 2.17. The molecule has 0 fully saturated rings. The normalized spacial score (nSPS) is 10.8. The number of benzene rings is 1. The second-order valence-electron chi connectivity index (χ2n) is 3.47. The van der Waals surface area contributed by atoms with Crippen LogP contribution in [0.5, 0.6) is 0 Å². The van der Waals surface area contributed by atoms with Gasteiger partial charge in [0.1, 0.15) is 5.01 Å². The molecule has 0 saturated carbocycles. The molecule has 0 saturated heterocycles. The minimum atomic E-state index is -0.258. The van der Waals surface area contributed by atoms with Crippen LogP contribution in [0.4, 0.5) is 5.13 Å². The first kappa shape index (κ1) is 12.7. The third-order valence-corrected chi connectivity index (χ3v) is 3.17. The molecule has 2 aromatic rings. The Morgan fingerprint density at radius 2 is 2.17 bits per heavy atom. The fraction of sp³-hybridized carbons (Fsp3) is 0.0833. The molecule has 0 aliphatic carbocycles. The maximum Gasteiger partial charge on any atom is 0.250 e. The summed E-state index contributed by atoms with van der Waals surface area (Å²) in [5.41, 5.74) is 0.794. The zero-order chi connectivity index (χ0) is 13.0. The summed E-state index contributed by atoms with van der Waals surface area (Å²) in [4.78, 5) is 11.6. The van der Waals surface area contributed by atoms with E-state index >= 15 is 0 Å². The van der Waals surface area contributed by atoms with Crippen LogP contribution >= 0.6 is 22.9 Å². The van der Waals surface area contributed by atoms with E-state index in [1.165, 1.54) is 17.4 Å². The Morgan fingerprint density at radius 1 is 1.39 bits per heavy atom. The number of amides is 1. The van der Waals surface area contributed by atoms with Gasteiger partial charge in [0.25, 0.3) is 0 Å². The van der Waals surface area contributed by atoms with Gasteiger partial charge in [0.15, 0.2) is 0 Å². The van der Waals surface area contributed by atoms with Crippen molar-refractivity contribution in [2.45, 2.75) is 6.92 Å². The average Bonchev–Trinajstić information content (AvgIpc) is 2.74. The smallest absolute Gasteiger partial charge is 0.250 e. The maximum atomic E-state index is 11.6. The number of aromatic nitrogens is 2. The molecule has 0 atom stereocenters. The summed E-state index contributed by atoms with van der Waals surface area (Å²) in [6.07, 6.45) is 3.07. The van der Waals surface area contributed by atoms with Crippen LogP contribution < -0.4 is 5.32 Å². The van der Waals surface area contributed by atoms with E-state index in [1.54, 1.807) is 12.1 Å². The summed E-state index contributed by atoms with van der Waals surface area (Å²) < 4.78 is 0. The summed E-state index contributed by atoms with van der Waals surface area (Å²) in [5.74, 6) is -0.258. The average molecular weight is 280 g/mol. The standard InChI is InChI=1S/C12H10ClN3OS/c1-8-15-16-12(18-8)14-11(17)7-6-9-4-2-3-5-10(9)13/h2-7H,1H3,(H,14,16,17). The van der Waals surface area contributed by atoms with E-state index in [9.17, 15) is 4.79 Å². The van der Waals surface area contributed by atoms with Gasteiger partial charge in [0.05, 0.1) is 0 Å². The zero-order valence-electron chi connectivity index (χ0n) is 9.55. The second-order valence-corrected chi connectivity index (χ2v) is 5.06. The monoisotopic (exact) mass is 279 g/mol. The van der Waals surface area contributed by atoms with E-state index in [0.29, 0.717) is 10.2 Å². The summed E-state index contributed by atoms with van der Waals surface area (Å²) in [5, 5.41) is 12.1. The molecule has 1 aromatic heterocycles. The minimum absolute atomic E-state index is 0.258. The SMILES string of the molecule is Cc1nnc(NC(=O)C=Cc2ccccc2Cl)s1. The Morgan fingerprint density at radius 3 is 2.83 bits per heavy atom. The Hall–Kier alpha value is -1.72. The largest absolute Gasteiger partial charge is 0.297 e. The molecule has 1 N–H and O–H groups in total. The predicted molar refractivity (Wildman–Crippen MR) is 73.8 cm³/mol. The number of halogens is 1. The topological polar surface area (TPSA) is 54.9 Å². The minimum Gasteiger partial charge on any atom is -0.297 e. The van der Waals surface area contributed by atoms with E-state index in [2.05, 4.69) is 15.5 Å². The van der Waals surface area contributed by atoms with E-state index in [-0.39, 0.29) is 5.91 Å². The van der Waals surface area contributed by atoms with Crippen LogP contribution in [0.25, 0.3) is 6.08 Å². The molecule has 0 bridgehead atoms. The lowest BCUT2D eigenvalue weighted by atomic mass is 10.2. The molecule has 4 nitrogen and oxygen atoms in total. The fourth-order valence-corrected chi connectivity index (χ4v) is 2.06. The van der Waals surface area contributed by atoms with Crippen molar-refractivity contribution < 1.29 is 4.79 Å². The quantitative estimate of drug-likeness (QED) is 0.878. The molecule has 18 heavy (non-hydrogen) atoms. The van der Waals surface area contributed by atoms with Gasteiger partial charge in [0.2, 0.25) is 11.0 Å². The Balaban J connectivity index is 2.01. The molecule has 0 spiro atoms. The fourth-order valence-electron chi connectivity index (χ4n) is 1.27. The maximum absolute atomic E-state index is 11.6. The van der Waals surface area contributed by atoms with Crippen LogP contribution in [0.15, 0.2) is 30.3 Å². The highest BCUT2D eigenvalue weighted by molar-refractivity contribution is 7.15. The molecular weight excluding hydrogens is 270 g/mol. The van der Waals surface area contributed by atoms with Crippen molar-refractivity contribution in [3.8, 4) is 0 Å². The van der Waals surface area contributed by atoms with E-state index in [4.69, 9.17) is 11.6 Å². The number of nitrogens with one attached hydrogen (secondary N) is 1. The Labute approximate surface area is 113 Å². The van der Waals surface area contributed by atoms with Crippen molar-refractivity contribution in [3.05, 3.63) is 45.9 Å². The van der Waals surface area contributed by atoms with Gasteiger partial charge in [-0.2, -0.15) is 0 Å². The van der Waals surface area contributed by atoms with Gasteiger partial charge >= 0.3 is 0 Å². The van der Waals surface area contributed by atoms with Crippen LogP contribution in [-0.2, 0) is 4.79 Å². The first-order valence-corrected chi connectivity index (χ1v) is 6.38. The third kappa shape index (κ3) is 3.38. The van der Waals surface area contributed by atoms with E-state index in [1.807, 2.05) is 25.1 Å². The zero-order valence-corrected chi connectivity index (χ0v) is 11.1. The number of anilines is 1. The number of hydrogen-bond acceptors (Lipinski definition) is 4. The van der Waals surface area contributed by atoms with Crippen molar-refractivity contribution in [1.29, 1.82) is 0 Å². The van der Waals surface area contributed by atoms with Crippen molar-refractivity contribution in [2.24, 2.45) is 0 Å². The van der Waals surface area contributed by atoms with Gasteiger partial charge in [-0.3, -0.25) is 10.1 Å². The van der Waals surface area contributed by atoms with Gasteiger partial charge < -0.3 is 0 Å². The molecule has 1 amide bonds. The van der Waals surface area contributed by atoms with Crippen LogP contribution in [0, 0.1) is 6.92 Å². The lowest BCUT2D eigenvalue weighted by molar-refractivity contribution is -0.111. The molecule has 0 aliphatic rings. The summed E-state index contributed by atoms with van der Waals surface area (Å²) in [7, 11) is 0. The highest BCUT2D eigenvalue weighted by Gasteiger charge is 2.03. The molecule has 2 rings (SSSR count). The molecule has 1 aromatic carbocycles. The highest BCUT2D eigenvalue weighted by atomic mass is 35.5. The van der Waals surface area contributed by atoms with Gasteiger partial charge in [0, 0.05) is 11.1 Å². The Kier molecular flexibility index (Phi) is 4.07. The number of nitrogens with zero attached hydrogens (tertiary/aromatic N) is 2. The lowest BCUT2D eigenvalue weighted by Crippen LogP contribution is -2.07. The lowest BCUT2D eigenvalue weighted by Gasteiger charge is -1.97. The van der Waals surface area contributed by atoms with Crippen molar-refractivity contribution >= 4 is 40.1 Å². The molecule has 0 radical (unpaired) electrons.